The summed E-state index contributed by atoms with van der Waals surface area (Å²) in [6, 6.07) is 11.6. The summed E-state index contributed by atoms with van der Waals surface area (Å²) in [7, 11) is 3.06. The number of carbonyl (C=O) groups is 1. The quantitative estimate of drug-likeness (QED) is 0.851. The summed E-state index contributed by atoms with van der Waals surface area (Å²) in [5.74, 6) is 0.194. The molecule has 23 heavy (non-hydrogen) atoms. The second-order valence-electron chi connectivity index (χ2n) is 5.06. The average molecular weight is 323 g/mol. The summed E-state index contributed by atoms with van der Waals surface area (Å²) < 4.78 is 42.8. The van der Waals surface area contributed by atoms with Crippen LogP contribution in [0.25, 0.3) is 0 Å². The van der Waals surface area contributed by atoms with E-state index in [-0.39, 0.29) is 12.5 Å². The van der Waals surface area contributed by atoms with Gasteiger partial charge in [0.05, 0.1) is 18.2 Å². The number of alkyl halides is 3. The number of hydrogen-bond acceptors (Lipinski definition) is 2. The Morgan fingerprint density at radius 1 is 1.09 bits per heavy atom. The summed E-state index contributed by atoms with van der Waals surface area (Å²) in [4.78, 5) is 13.9. The summed E-state index contributed by atoms with van der Waals surface area (Å²) in [6.07, 6.45) is -4.36. The maximum absolute atomic E-state index is 12.5. The number of para-hydroxylation sites is 1. The Balaban J connectivity index is 2.12. The zero-order valence-corrected chi connectivity index (χ0v) is 12.7. The Kier molecular flexibility index (Phi) is 4.93. The number of amides is 1. The van der Waals surface area contributed by atoms with Crippen LogP contribution < -0.4 is 4.74 Å². The smallest absolute Gasteiger partial charge is 0.416 e. The molecular formula is C17H16F3NO2. The molecule has 0 bridgehead atoms. The monoisotopic (exact) mass is 323 g/mol. The van der Waals surface area contributed by atoms with Gasteiger partial charge in [0.2, 0.25) is 0 Å². The second-order valence-corrected chi connectivity index (χ2v) is 5.06. The normalized spacial score (nSPS) is 11.2. The van der Waals surface area contributed by atoms with Gasteiger partial charge in [0.25, 0.3) is 5.91 Å². The molecule has 0 saturated carbocycles. The number of carbonyl (C=O) groups excluding carboxylic acids is 1. The number of benzene rings is 2. The topological polar surface area (TPSA) is 29.5 Å². The van der Waals surface area contributed by atoms with E-state index in [2.05, 4.69) is 0 Å². The van der Waals surface area contributed by atoms with Gasteiger partial charge in [-0.2, -0.15) is 13.2 Å². The highest BCUT2D eigenvalue weighted by molar-refractivity contribution is 5.96. The number of rotatable bonds is 4. The molecule has 122 valence electrons. The first-order chi connectivity index (χ1) is 10.8. The Hall–Kier alpha value is -2.50. The van der Waals surface area contributed by atoms with Gasteiger partial charge in [-0.05, 0) is 29.8 Å². The Labute approximate surface area is 132 Å². The van der Waals surface area contributed by atoms with Gasteiger partial charge in [-0.1, -0.05) is 24.3 Å². The van der Waals surface area contributed by atoms with E-state index in [0.717, 1.165) is 12.1 Å². The molecule has 0 radical (unpaired) electrons. The Morgan fingerprint density at radius 2 is 1.70 bits per heavy atom. The van der Waals surface area contributed by atoms with E-state index < -0.39 is 11.7 Å². The lowest BCUT2D eigenvalue weighted by Crippen LogP contribution is -2.26. The highest BCUT2D eigenvalue weighted by atomic mass is 19.4. The maximum Gasteiger partial charge on any atom is 0.416 e. The fourth-order valence-corrected chi connectivity index (χ4v) is 2.17. The highest BCUT2D eigenvalue weighted by Crippen LogP contribution is 2.29. The summed E-state index contributed by atoms with van der Waals surface area (Å²) in [6.45, 7) is 0.203. The molecule has 0 fully saturated rings. The molecule has 0 aliphatic heterocycles. The molecule has 6 heteroatoms. The van der Waals surface area contributed by atoms with Gasteiger partial charge in [-0.25, -0.2) is 0 Å². The SMILES string of the molecule is COc1ccccc1C(=O)N(C)Cc1ccc(C(F)(F)F)cc1. The van der Waals surface area contributed by atoms with Crippen molar-refractivity contribution >= 4 is 5.91 Å². The van der Waals surface area contributed by atoms with Crippen molar-refractivity contribution in [3.8, 4) is 5.75 Å². The van der Waals surface area contributed by atoms with Gasteiger partial charge in [0.1, 0.15) is 5.75 Å². The zero-order chi connectivity index (χ0) is 17.0. The molecule has 2 aromatic rings. The molecule has 0 spiro atoms. The summed E-state index contributed by atoms with van der Waals surface area (Å²) in [5.41, 5.74) is 0.313. The molecule has 0 atom stereocenters. The minimum Gasteiger partial charge on any atom is -0.496 e. The van der Waals surface area contributed by atoms with Crippen LogP contribution in [0.15, 0.2) is 48.5 Å². The lowest BCUT2D eigenvalue weighted by atomic mass is 10.1. The largest absolute Gasteiger partial charge is 0.496 e. The first-order valence-electron chi connectivity index (χ1n) is 6.87. The van der Waals surface area contributed by atoms with Crippen molar-refractivity contribution in [3.63, 3.8) is 0 Å². The standard InChI is InChI=1S/C17H16F3NO2/c1-21(16(22)14-5-3-4-6-15(14)23-2)11-12-7-9-13(10-8-12)17(18,19)20/h3-10H,11H2,1-2H3. The van der Waals surface area contributed by atoms with Crippen molar-refractivity contribution in [2.75, 3.05) is 14.2 Å². The van der Waals surface area contributed by atoms with Gasteiger partial charge >= 0.3 is 6.18 Å². The Morgan fingerprint density at radius 3 is 2.26 bits per heavy atom. The maximum atomic E-state index is 12.5. The minimum absolute atomic E-state index is 0.203. The van der Waals surface area contributed by atoms with Crippen LogP contribution in [0.1, 0.15) is 21.5 Å². The van der Waals surface area contributed by atoms with Gasteiger partial charge in [-0.15, -0.1) is 0 Å². The van der Waals surface area contributed by atoms with Crippen LogP contribution in [0.4, 0.5) is 13.2 Å². The van der Waals surface area contributed by atoms with Crippen LogP contribution in [0.5, 0.6) is 5.75 Å². The van der Waals surface area contributed by atoms with Crippen LogP contribution in [0.2, 0.25) is 0 Å². The minimum atomic E-state index is -4.36. The van der Waals surface area contributed by atoms with Gasteiger partial charge < -0.3 is 9.64 Å². The number of methoxy groups -OCH3 is 1. The van der Waals surface area contributed by atoms with E-state index in [0.29, 0.717) is 16.9 Å². The predicted molar refractivity (Wildman–Crippen MR) is 80.2 cm³/mol. The van der Waals surface area contributed by atoms with Crippen molar-refractivity contribution in [1.82, 2.24) is 4.90 Å². The van der Waals surface area contributed by atoms with Crippen molar-refractivity contribution in [1.29, 1.82) is 0 Å². The molecule has 0 saturated heterocycles. The molecule has 0 aliphatic carbocycles. The zero-order valence-electron chi connectivity index (χ0n) is 12.7. The van der Waals surface area contributed by atoms with E-state index in [4.69, 9.17) is 4.74 Å². The third-order valence-electron chi connectivity index (χ3n) is 3.39. The van der Waals surface area contributed by atoms with Crippen LogP contribution >= 0.6 is 0 Å². The van der Waals surface area contributed by atoms with Crippen LogP contribution in [0, 0.1) is 0 Å². The summed E-state index contributed by atoms with van der Waals surface area (Å²) >= 11 is 0. The molecule has 2 rings (SSSR count). The lowest BCUT2D eigenvalue weighted by Gasteiger charge is -2.19. The molecule has 0 unspecified atom stereocenters. The van der Waals surface area contributed by atoms with Crippen molar-refractivity contribution in [3.05, 3.63) is 65.2 Å². The number of nitrogens with zero attached hydrogens (tertiary/aromatic N) is 1. The van der Waals surface area contributed by atoms with Crippen molar-refractivity contribution in [2.45, 2.75) is 12.7 Å². The number of hydrogen-bond donors (Lipinski definition) is 0. The number of halogens is 3. The van der Waals surface area contributed by atoms with Crippen molar-refractivity contribution < 1.29 is 22.7 Å². The van der Waals surface area contributed by atoms with E-state index in [1.807, 2.05) is 0 Å². The van der Waals surface area contributed by atoms with E-state index in [1.165, 1.54) is 24.1 Å². The molecule has 0 aliphatic rings. The third kappa shape index (κ3) is 4.03. The van der Waals surface area contributed by atoms with Gasteiger partial charge in [0, 0.05) is 13.6 Å². The molecule has 0 N–H and O–H groups in total. The predicted octanol–water partition coefficient (Wildman–Crippen LogP) is 3.99. The third-order valence-corrected chi connectivity index (χ3v) is 3.39. The molecular weight excluding hydrogens is 307 g/mol. The van der Waals surface area contributed by atoms with Crippen LogP contribution in [-0.4, -0.2) is 25.0 Å². The fraction of sp³-hybridized carbons (Fsp3) is 0.235. The summed E-state index contributed by atoms with van der Waals surface area (Å²) in [5, 5.41) is 0. The first kappa shape index (κ1) is 16.9. The number of ether oxygens (including phenoxy) is 1. The van der Waals surface area contributed by atoms with Gasteiger partial charge in [-0.3, -0.25) is 4.79 Å². The first-order valence-corrected chi connectivity index (χ1v) is 6.87. The van der Waals surface area contributed by atoms with E-state index in [1.54, 1.807) is 31.3 Å². The van der Waals surface area contributed by atoms with E-state index in [9.17, 15) is 18.0 Å². The van der Waals surface area contributed by atoms with E-state index >= 15 is 0 Å². The molecule has 0 aromatic heterocycles. The molecule has 0 heterocycles. The van der Waals surface area contributed by atoms with Gasteiger partial charge in [0.15, 0.2) is 0 Å². The highest BCUT2D eigenvalue weighted by Gasteiger charge is 2.30. The molecule has 3 nitrogen and oxygen atoms in total. The van der Waals surface area contributed by atoms with Crippen LogP contribution in [-0.2, 0) is 12.7 Å². The van der Waals surface area contributed by atoms with Crippen molar-refractivity contribution in [2.24, 2.45) is 0 Å². The molecule has 1 amide bonds. The van der Waals surface area contributed by atoms with Crippen LogP contribution in [0.3, 0.4) is 0 Å². The fourth-order valence-electron chi connectivity index (χ4n) is 2.17. The second kappa shape index (κ2) is 6.73. The molecule has 2 aromatic carbocycles. The Bertz CT molecular complexity index is 681. The average Bonchev–Trinajstić information content (AvgIpc) is 2.53. The lowest BCUT2D eigenvalue weighted by molar-refractivity contribution is -0.137.